The summed E-state index contributed by atoms with van der Waals surface area (Å²) in [5.41, 5.74) is 6.13. The van der Waals surface area contributed by atoms with Gasteiger partial charge in [-0.25, -0.2) is 0 Å². The molecule has 0 amide bonds. The van der Waals surface area contributed by atoms with Crippen molar-refractivity contribution < 1.29 is 5.11 Å². The lowest BCUT2D eigenvalue weighted by atomic mass is 9.78. The molecule has 2 unspecified atom stereocenters. The van der Waals surface area contributed by atoms with Crippen molar-refractivity contribution in [1.82, 2.24) is 4.90 Å². The largest absolute Gasteiger partial charge is 0.396 e. The molecule has 3 heteroatoms. The van der Waals surface area contributed by atoms with Crippen LogP contribution in [-0.4, -0.2) is 41.8 Å². The molecule has 2 atom stereocenters. The summed E-state index contributed by atoms with van der Waals surface area (Å²) >= 11 is 0. The highest BCUT2D eigenvalue weighted by Crippen LogP contribution is 2.34. The van der Waals surface area contributed by atoms with Gasteiger partial charge in [0.1, 0.15) is 0 Å². The van der Waals surface area contributed by atoms with E-state index in [4.69, 9.17) is 10.8 Å². The molecule has 2 rings (SSSR count). The maximum atomic E-state index is 8.89. The van der Waals surface area contributed by atoms with E-state index < -0.39 is 0 Å². The standard InChI is InChI=1S/C13H26N2O/c1-10-5-13(6-10)15-8-11(3-2-4-16)7-12(14)9-15/h10-13,16H,2-9,14H2,1H3. The fourth-order valence-electron chi connectivity index (χ4n) is 3.33. The van der Waals surface area contributed by atoms with Gasteiger partial charge in [-0.05, 0) is 43.9 Å². The Hall–Kier alpha value is -0.120. The lowest BCUT2D eigenvalue weighted by molar-refractivity contribution is 0.0369. The van der Waals surface area contributed by atoms with Gasteiger partial charge in [-0.15, -0.1) is 0 Å². The minimum absolute atomic E-state index is 0.326. The Bertz CT molecular complexity index is 216. The number of nitrogens with zero attached hydrogens (tertiary/aromatic N) is 1. The summed E-state index contributed by atoms with van der Waals surface area (Å²) < 4.78 is 0. The lowest BCUT2D eigenvalue weighted by Crippen LogP contribution is -2.54. The first-order valence-electron chi connectivity index (χ1n) is 6.79. The smallest absolute Gasteiger partial charge is 0.0431 e. The highest BCUT2D eigenvalue weighted by molar-refractivity contribution is 4.91. The van der Waals surface area contributed by atoms with Crippen molar-refractivity contribution in [2.45, 2.75) is 51.1 Å². The molecule has 1 aliphatic carbocycles. The van der Waals surface area contributed by atoms with E-state index in [1.165, 1.54) is 19.4 Å². The van der Waals surface area contributed by atoms with E-state index in [0.29, 0.717) is 18.6 Å². The predicted octanol–water partition coefficient (Wildman–Crippen LogP) is 1.21. The maximum absolute atomic E-state index is 8.89. The van der Waals surface area contributed by atoms with E-state index in [9.17, 15) is 0 Å². The van der Waals surface area contributed by atoms with Crippen molar-refractivity contribution in [1.29, 1.82) is 0 Å². The average Bonchev–Trinajstić information content (AvgIpc) is 2.21. The van der Waals surface area contributed by atoms with Crippen LogP contribution in [0.3, 0.4) is 0 Å². The van der Waals surface area contributed by atoms with Crippen molar-refractivity contribution in [3.63, 3.8) is 0 Å². The summed E-state index contributed by atoms with van der Waals surface area (Å²) in [5.74, 6) is 1.63. The molecule has 0 spiro atoms. The highest BCUT2D eigenvalue weighted by atomic mass is 16.2. The van der Waals surface area contributed by atoms with Crippen LogP contribution in [0.15, 0.2) is 0 Å². The van der Waals surface area contributed by atoms with Crippen LogP contribution in [0, 0.1) is 11.8 Å². The summed E-state index contributed by atoms with van der Waals surface area (Å²) in [4.78, 5) is 2.61. The first-order chi connectivity index (χ1) is 7.69. The number of aliphatic hydroxyl groups is 1. The summed E-state index contributed by atoms with van der Waals surface area (Å²) in [6, 6.07) is 1.16. The first kappa shape index (κ1) is 12.3. The van der Waals surface area contributed by atoms with Crippen molar-refractivity contribution in [2.24, 2.45) is 17.6 Å². The van der Waals surface area contributed by atoms with Gasteiger partial charge in [0.05, 0.1) is 0 Å². The third kappa shape index (κ3) is 2.96. The molecule has 16 heavy (non-hydrogen) atoms. The summed E-state index contributed by atoms with van der Waals surface area (Å²) in [6.07, 6.45) is 5.95. The quantitative estimate of drug-likeness (QED) is 0.757. The molecule has 1 saturated carbocycles. The fourth-order valence-corrected chi connectivity index (χ4v) is 3.33. The zero-order valence-electron chi connectivity index (χ0n) is 10.4. The van der Waals surface area contributed by atoms with Crippen LogP contribution < -0.4 is 5.73 Å². The monoisotopic (exact) mass is 226 g/mol. The Kier molecular flexibility index (Phi) is 4.22. The summed E-state index contributed by atoms with van der Waals surface area (Å²) in [6.45, 7) is 4.97. The molecule has 3 N–H and O–H groups in total. The number of hydrogen-bond acceptors (Lipinski definition) is 3. The molecular formula is C13H26N2O. The molecule has 2 aliphatic rings. The van der Waals surface area contributed by atoms with Gasteiger partial charge < -0.3 is 10.8 Å². The third-order valence-electron chi connectivity index (χ3n) is 4.23. The van der Waals surface area contributed by atoms with Crippen LogP contribution in [0.5, 0.6) is 0 Å². The molecule has 3 nitrogen and oxygen atoms in total. The maximum Gasteiger partial charge on any atom is 0.0431 e. The molecule has 1 heterocycles. The van der Waals surface area contributed by atoms with Crippen molar-refractivity contribution >= 4 is 0 Å². The average molecular weight is 226 g/mol. The van der Waals surface area contributed by atoms with E-state index in [1.807, 2.05) is 0 Å². The molecular weight excluding hydrogens is 200 g/mol. The van der Waals surface area contributed by atoms with Crippen LogP contribution >= 0.6 is 0 Å². The topological polar surface area (TPSA) is 49.5 Å². The summed E-state index contributed by atoms with van der Waals surface area (Å²) in [7, 11) is 0. The number of likely N-dealkylation sites (tertiary alicyclic amines) is 1. The van der Waals surface area contributed by atoms with Gasteiger partial charge in [0.2, 0.25) is 0 Å². The zero-order chi connectivity index (χ0) is 11.5. The van der Waals surface area contributed by atoms with Crippen LogP contribution in [0.25, 0.3) is 0 Å². The Morgan fingerprint density at radius 3 is 2.62 bits per heavy atom. The molecule has 1 aliphatic heterocycles. The Labute approximate surface area is 99.0 Å². The Morgan fingerprint density at radius 2 is 2.00 bits per heavy atom. The number of hydrogen-bond donors (Lipinski definition) is 2. The lowest BCUT2D eigenvalue weighted by Gasteiger charge is -2.47. The van der Waals surface area contributed by atoms with E-state index >= 15 is 0 Å². The van der Waals surface area contributed by atoms with E-state index in [-0.39, 0.29) is 0 Å². The number of rotatable bonds is 4. The first-order valence-corrected chi connectivity index (χ1v) is 6.79. The van der Waals surface area contributed by atoms with Crippen LogP contribution in [0.1, 0.15) is 39.0 Å². The molecule has 0 aromatic carbocycles. The molecule has 0 bridgehead atoms. The second kappa shape index (κ2) is 5.48. The van der Waals surface area contributed by atoms with Gasteiger partial charge >= 0.3 is 0 Å². The van der Waals surface area contributed by atoms with E-state index in [2.05, 4.69) is 11.8 Å². The molecule has 94 valence electrons. The van der Waals surface area contributed by atoms with Crippen molar-refractivity contribution in [2.75, 3.05) is 19.7 Å². The number of aliphatic hydroxyl groups excluding tert-OH is 1. The predicted molar refractivity (Wildman–Crippen MR) is 66.2 cm³/mol. The number of nitrogens with two attached hydrogens (primary N) is 1. The highest BCUT2D eigenvalue weighted by Gasteiger charge is 2.35. The van der Waals surface area contributed by atoms with Gasteiger partial charge in [-0.3, -0.25) is 4.90 Å². The molecule has 0 aromatic rings. The third-order valence-corrected chi connectivity index (χ3v) is 4.23. The number of piperidine rings is 1. The molecule has 0 radical (unpaired) electrons. The SMILES string of the molecule is CC1CC(N2CC(N)CC(CCCO)C2)C1. The minimum atomic E-state index is 0.326. The normalized spacial score (nSPS) is 40.7. The van der Waals surface area contributed by atoms with E-state index in [0.717, 1.165) is 37.8 Å². The summed E-state index contributed by atoms with van der Waals surface area (Å²) in [5, 5.41) is 8.89. The van der Waals surface area contributed by atoms with Gasteiger partial charge in [0.15, 0.2) is 0 Å². The van der Waals surface area contributed by atoms with Crippen LogP contribution in [-0.2, 0) is 0 Å². The van der Waals surface area contributed by atoms with Gasteiger partial charge in [-0.2, -0.15) is 0 Å². The molecule has 1 saturated heterocycles. The van der Waals surface area contributed by atoms with Crippen molar-refractivity contribution in [3.8, 4) is 0 Å². The van der Waals surface area contributed by atoms with E-state index in [1.54, 1.807) is 0 Å². The van der Waals surface area contributed by atoms with Gasteiger partial charge in [-0.1, -0.05) is 6.92 Å². The zero-order valence-corrected chi connectivity index (χ0v) is 10.4. The Morgan fingerprint density at radius 1 is 1.25 bits per heavy atom. The van der Waals surface area contributed by atoms with Crippen LogP contribution in [0.4, 0.5) is 0 Å². The fraction of sp³-hybridized carbons (Fsp3) is 1.00. The molecule has 0 aromatic heterocycles. The van der Waals surface area contributed by atoms with Gasteiger partial charge in [0.25, 0.3) is 0 Å². The minimum Gasteiger partial charge on any atom is -0.396 e. The van der Waals surface area contributed by atoms with Crippen molar-refractivity contribution in [3.05, 3.63) is 0 Å². The molecule has 2 fully saturated rings. The second-order valence-electron chi connectivity index (χ2n) is 5.91. The Balaban J connectivity index is 1.80. The van der Waals surface area contributed by atoms with Gasteiger partial charge in [0, 0.05) is 31.8 Å². The van der Waals surface area contributed by atoms with Crippen LogP contribution in [0.2, 0.25) is 0 Å². The second-order valence-corrected chi connectivity index (χ2v) is 5.91.